The molecular formula is C23H28N6. The summed E-state index contributed by atoms with van der Waals surface area (Å²) in [6.45, 7) is 3.12. The van der Waals surface area contributed by atoms with Crippen LogP contribution in [0.2, 0.25) is 0 Å². The smallest absolute Gasteiger partial charge is 0.155 e. The number of nitrogens with zero attached hydrogens (tertiary/aromatic N) is 5. The van der Waals surface area contributed by atoms with Gasteiger partial charge in [-0.2, -0.15) is 10.2 Å². The number of hydrogen-bond donors (Lipinski definition) is 1. The van der Waals surface area contributed by atoms with Crippen LogP contribution in [0.25, 0.3) is 5.69 Å². The molecule has 6 nitrogen and oxygen atoms in total. The summed E-state index contributed by atoms with van der Waals surface area (Å²) in [5.41, 5.74) is 5.37. The number of aromatic amines is 1. The van der Waals surface area contributed by atoms with E-state index in [0.29, 0.717) is 11.8 Å². The molecule has 0 bridgehead atoms. The van der Waals surface area contributed by atoms with E-state index < -0.39 is 0 Å². The van der Waals surface area contributed by atoms with Crippen molar-refractivity contribution >= 4 is 0 Å². The summed E-state index contributed by atoms with van der Waals surface area (Å²) in [6, 6.07) is 10.6. The number of fused-ring (bicyclic) bond motifs is 1. The average molecular weight is 389 g/mol. The first-order valence-electron chi connectivity index (χ1n) is 11.1. The van der Waals surface area contributed by atoms with E-state index in [0.717, 1.165) is 37.7 Å². The van der Waals surface area contributed by atoms with Gasteiger partial charge in [0.1, 0.15) is 5.82 Å². The fourth-order valence-corrected chi connectivity index (χ4v) is 5.06. The Morgan fingerprint density at radius 1 is 1.00 bits per heavy atom. The van der Waals surface area contributed by atoms with E-state index in [2.05, 4.69) is 50.1 Å². The Kier molecular flexibility index (Phi) is 4.26. The van der Waals surface area contributed by atoms with Gasteiger partial charge in [-0.25, -0.2) is 9.67 Å². The molecule has 1 saturated carbocycles. The molecule has 2 aromatic heterocycles. The van der Waals surface area contributed by atoms with Crippen molar-refractivity contribution in [1.82, 2.24) is 29.9 Å². The van der Waals surface area contributed by atoms with Crippen LogP contribution >= 0.6 is 0 Å². The van der Waals surface area contributed by atoms with Crippen molar-refractivity contribution in [2.75, 3.05) is 13.1 Å². The van der Waals surface area contributed by atoms with Crippen LogP contribution in [0.4, 0.5) is 0 Å². The lowest BCUT2D eigenvalue weighted by atomic mass is 9.97. The maximum absolute atomic E-state index is 5.07. The molecule has 1 N–H and O–H groups in total. The molecule has 0 unspecified atom stereocenters. The van der Waals surface area contributed by atoms with Gasteiger partial charge in [-0.05, 0) is 69.2 Å². The fourth-order valence-electron chi connectivity index (χ4n) is 5.06. The Morgan fingerprint density at radius 2 is 1.90 bits per heavy atom. The quantitative estimate of drug-likeness (QED) is 0.723. The minimum Gasteiger partial charge on any atom is -0.297 e. The summed E-state index contributed by atoms with van der Waals surface area (Å²) in [7, 11) is 0. The minimum absolute atomic E-state index is 0.441. The average Bonchev–Trinajstić information content (AvgIpc) is 3.16. The van der Waals surface area contributed by atoms with Gasteiger partial charge < -0.3 is 0 Å². The maximum Gasteiger partial charge on any atom is 0.155 e. The summed E-state index contributed by atoms with van der Waals surface area (Å²) in [6.07, 6.45) is 8.48. The van der Waals surface area contributed by atoms with Gasteiger partial charge in [0.2, 0.25) is 0 Å². The standard InChI is InChI=1S/C23H28N6/c1-2-7-18(8-3-1)29-21-10-4-9-19(21)20(27-29)15-28-13-5-6-17(14-28)23-24-22(25-26-23)16-11-12-16/h1-3,7-8,16-17H,4-6,9-15H2,(H,24,25,26)/t17-/m0/s1. The van der Waals surface area contributed by atoms with Gasteiger partial charge in [-0.1, -0.05) is 18.2 Å². The Labute approximate surface area is 171 Å². The van der Waals surface area contributed by atoms with Crippen molar-refractivity contribution in [3.05, 3.63) is 58.9 Å². The second-order valence-corrected chi connectivity index (χ2v) is 8.90. The molecule has 1 saturated heterocycles. The van der Waals surface area contributed by atoms with Crippen LogP contribution < -0.4 is 0 Å². The zero-order valence-electron chi connectivity index (χ0n) is 16.8. The lowest BCUT2D eigenvalue weighted by Crippen LogP contribution is -2.34. The maximum atomic E-state index is 5.07. The monoisotopic (exact) mass is 388 g/mol. The van der Waals surface area contributed by atoms with Crippen molar-refractivity contribution in [3.63, 3.8) is 0 Å². The van der Waals surface area contributed by atoms with E-state index in [9.17, 15) is 0 Å². The van der Waals surface area contributed by atoms with E-state index >= 15 is 0 Å². The Hall–Kier alpha value is -2.47. The highest BCUT2D eigenvalue weighted by atomic mass is 15.3. The van der Waals surface area contributed by atoms with Crippen molar-refractivity contribution in [1.29, 1.82) is 0 Å². The molecule has 6 rings (SSSR count). The predicted octanol–water partition coefficient (Wildman–Crippen LogP) is 3.74. The first-order valence-corrected chi connectivity index (χ1v) is 11.1. The van der Waals surface area contributed by atoms with Crippen LogP contribution in [-0.2, 0) is 19.4 Å². The topological polar surface area (TPSA) is 62.6 Å². The predicted molar refractivity (Wildman–Crippen MR) is 111 cm³/mol. The SMILES string of the molecule is c1ccc(-n2nc(CN3CCC[C@H](c4n[nH]c(C5CC5)n4)C3)c3c2CCC3)cc1. The zero-order chi connectivity index (χ0) is 19.2. The van der Waals surface area contributed by atoms with Crippen molar-refractivity contribution in [3.8, 4) is 5.69 Å². The number of benzene rings is 1. The number of piperidine rings is 1. The van der Waals surface area contributed by atoms with Gasteiger partial charge in [-0.15, -0.1) is 0 Å². The lowest BCUT2D eigenvalue weighted by molar-refractivity contribution is 0.194. The van der Waals surface area contributed by atoms with E-state index in [1.54, 1.807) is 0 Å². The number of para-hydroxylation sites is 1. The summed E-state index contributed by atoms with van der Waals surface area (Å²) in [4.78, 5) is 7.39. The lowest BCUT2D eigenvalue weighted by Gasteiger charge is -2.31. The first kappa shape index (κ1) is 17.4. The van der Waals surface area contributed by atoms with E-state index in [1.807, 2.05) is 0 Å². The minimum atomic E-state index is 0.441. The summed E-state index contributed by atoms with van der Waals surface area (Å²) >= 11 is 0. The van der Waals surface area contributed by atoms with Crippen LogP contribution in [0.3, 0.4) is 0 Å². The normalized spacial score (nSPS) is 22.1. The highest BCUT2D eigenvalue weighted by molar-refractivity contribution is 5.39. The molecular weight excluding hydrogens is 360 g/mol. The van der Waals surface area contributed by atoms with Gasteiger partial charge >= 0.3 is 0 Å². The largest absolute Gasteiger partial charge is 0.297 e. The number of nitrogens with one attached hydrogen (secondary N) is 1. The molecule has 3 aromatic rings. The summed E-state index contributed by atoms with van der Waals surface area (Å²) in [5, 5.41) is 12.8. The number of hydrogen-bond acceptors (Lipinski definition) is 4. The highest BCUT2D eigenvalue weighted by Gasteiger charge is 2.31. The Bertz CT molecular complexity index is 1000. The van der Waals surface area contributed by atoms with Gasteiger partial charge in [-0.3, -0.25) is 10.00 Å². The van der Waals surface area contributed by atoms with Crippen molar-refractivity contribution in [2.24, 2.45) is 0 Å². The van der Waals surface area contributed by atoms with Crippen LogP contribution in [0.1, 0.15) is 72.5 Å². The molecule has 1 aliphatic heterocycles. The summed E-state index contributed by atoms with van der Waals surface area (Å²) in [5.74, 6) is 3.21. The van der Waals surface area contributed by atoms with E-state index in [4.69, 9.17) is 10.1 Å². The molecule has 1 atom stereocenters. The Balaban J connectivity index is 1.21. The molecule has 1 aromatic carbocycles. The van der Waals surface area contributed by atoms with E-state index in [1.165, 1.54) is 61.2 Å². The van der Waals surface area contributed by atoms with Crippen LogP contribution in [-0.4, -0.2) is 43.0 Å². The van der Waals surface area contributed by atoms with Crippen LogP contribution in [0.15, 0.2) is 30.3 Å². The summed E-state index contributed by atoms with van der Waals surface area (Å²) < 4.78 is 2.19. The van der Waals surface area contributed by atoms with Gasteiger partial charge in [0.25, 0.3) is 0 Å². The van der Waals surface area contributed by atoms with Crippen LogP contribution in [0.5, 0.6) is 0 Å². The number of aromatic nitrogens is 5. The molecule has 3 aliphatic rings. The number of likely N-dealkylation sites (tertiary alicyclic amines) is 1. The van der Waals surface area contributed by atoms with Gasteiger partial charge in [0, 0.05) is 30.6 Å². The third kappa shape index (κ3) is 3.29. The molecule has 3 heterocycles. The van der Waals surface area contributed by atoms with Gasteiger partial charge in [0.15, 0.2) is 5.82 Å². The molecule has 2 fully saturated rings. The molecule has 0 amide bonds. The van der Waals surface area contributed by atoms with Crippen LogP contribution in [0, 0.1) is 0 Å². The zero-order valence-corrected chi connectivity index (χ0v) is 16.8. The molecule has 0 radical (unpaired) electrons. The first-order chi connectivity index (χ1) is 14.3. The van der Waals surface area contributed by atoms with E-state index in [-0.39, 0.29) is 0 Å². The second kappa shape index (κ2) is 7.10. The highest BCUT2D eigenvalue weighted by Crippen LogP contribution is 2.38. The number of rotatable bonds is 5. The van der Waals surface area contributed by atoms with Crippen molar-refractivity contribution in [2.45, 2.75) is 63.3 Å². The molecule has 29 heavy (non-hydrogen) atoms. The van der Waals surface area contributed by atoms with Crippen molar-refractivity contribution < 1.29 is 0 Å². The third-order valence-corrected chi connectivity index (χ3v) is 6.74. The molecule has 0 spiro atoms. The van der Waals surface area contributed by atoms with Gasteiger partial charge in [0.05, 0.1) is 11.4 Å². The second-order valence-electron chi connectivity index (χ2n) is 8.90. The number of H-pyrrole nitrogens is 1. The molecule has 6 heteroatoms. The fraction of sp³-hybridized carbons (Fsp3) is 0.522. The molecule has 2 aliphatic carbocycles. The Morgan fingerprint density at radius 3 is 2.76 bits per heavy atom. The molecule has 150 valence electrons. The third-order valence-electron chi connectivity index (χ3n) is 6.74.